The maximum Gasteiger partial charge on any atom is 0.255 e. The molecule has 3 nitrogen and oxygen atoms in total. The number of nitrogens with one attached hydrogen (secondary N) is 2. The zero-order valence-electron chi connectivity index (χ0n) is 12.7. The minimum Gasteiger partial charge on any atom is -0.385 e. The lowest BCUT2D eigenvalue weighted by Gasteiger charge is -2.08. The van der Waals surface area contributed by atoms with Crippen molar-refractivity contribution in [2.75, 3.05) is 17.2 Å². The van der Waals surface area contributed by atoms with E-state index in [1.165, 1.54) is 19.3 Å². The summed E-state index contributed by atoms with van der Waals surface area (Å²) >= 11 is 5.90. The number of anilines is 2. The van der Waals surface area contributed by atoms with Crippen LogP contribution in [0.15, 0.2) is 48.5 Å². The third kappa shape index (κ3) is 5.08. The van der Waals surface area contributed by atoms with Crippen molar-refractivity contribution in [2.45, 2.75) is 26.2 Å². The summed E-state index contributed by atoms with van der Waals surface area (Å²) in [4.78, 5) is 12.1. The van der Waals surface area contributed by atoms with E-state index < -0.39 is 0 Å². The van der Waals surface area contributed by atoms with Gasteiger partial charge in [0.2, 0.25) is 0 Å². The Morgan fingerprint density at radius 3 is 2.45 bits per heavy atom. The van der Waals surface area contributed by atoms with Crippen LogP contribution < -0.4 is 10.6 Å². The molecule has 0 saturated carbocycles. The van der Waals surface area contributed by atoms with Crippen LogP contribution in [-0.4, -0.2) is 12.5 Å². The summed E-state index contributed by atoms with van der Waals surface area (Å²) in [5.74, 6) is -0.161. The van der Waals surface area contributed by atoms with E-state index in [0.717, 1.165) is 17.9 Å². The van der Waals surface area contributed by atoms with Gasteiger partial charge in [-0.15, -0.1) is 0 Å². The molecule has 0 unspecified atom stereocenters. The SMILES string of the molecule is CCCCCNc1ccc(NC(=O)c2cccc(Cl)c2)cc1. The Kier molecular flexibility index (Phi) is 6.28. The highest BCUT2D eigenvalue weighted by Crippen LogP contribution is 2.16. The number of hydrogen-bond donors (Lipinski definition) is 2. The second-order valence-electron chi connectivity index (χ2n) is 5.18. The number of benzene rings is 2. The smallest absolute Gasteiger partial charge is 0.255 e. The minimum atomic E-state index is -0.161. The van der Waals surface area contributed by atoms with Gasteiger partial charge in [0.15, 0.2) is 0 Å². The van der Waals surface area contributed by atoms with Crippen molar-refractivity contribution in [3.05, 3.63) is 59.1 Å². The summed E-state index contributed by atoms with van der Waals surface area (Å²) in [7, 11) is 0. The fourth-order valence-corrected chi connectivity index (χ4v) is 2.30. The minimum absolute atomic E-state index is 0.161. The van der Waals surface area contributed by atoms with E-state index in [1.54, 1.807) is 24.3 Å². The number of carbonyl (C=O) groups excluding carboxylic acids is 1. The Hall–Kier alpha value is -2.00. The molecule has 2 aromatic carbocycles. The molecule has 22 heavy (non-hydrogen) atoms. The monoisotopic (exact) mass is 316 g/mol. The molecule has 0 aliphatic rings. The number of amides is 1. The number of carbonyl (C=O) groups is 1. The molecule has 116 valence electrons. The Balaban J connectivity index is 1.89. The van der Waals surface area contributed by atoms with Gasteiger partial charge in [-0.05, 0) is 48.9 Å². The summed E-state index contributed by atoms with van der Waals surface area (Å²) in [6.45, 7) is 3.17. The van der Waals surface area contributed by atoms with Crippen LogP contribution in [0.2, 0.25) is 5.02 Å². The Labute approximate surface area is 136 Å². The highest BCUT2D eigenvalue weighted by molar-refractivity contribution is 6.31. The van der Waals surface area contributed by atoms with E-state index in [-0.39, 0.29) is 5.91 Å². The molecular formula is C18H21ClN2O. The topological polar surface area (TPSA) is 41.1 Å². The van der Waals surface area contributed by atoms with Crippen LogP contribution in [0.25, 0.3) is 0 Å². The van der Waals surface area contributed by atoms with Crippen molar-refractivity contribution in [3.63, 3.8) is 0 Å². The lowest BCUT2D eigenvalue weighted by atomic mass is 10.2. The highest BCUT2D eigenvalue weighted by atomic mass is 35.5. The summed E-state index contributed by atoms with van der Waals surface area (Å²) in [5, 5.41) is 6.79. The van der Waals surface area contributed by atoms with Crippen molar-refractivity contribution >= 4 is 28.9 Å². The Morgan fingerprint density at radius 2 is 1.77 bits per heavy atom. The van der Waals surface area contributed by atoms with Crippen LogP contribution in [0.5, 0.6) is 0 Å². The van der Waals surface area contributed by atoms with Gasteiger partial charge in [0.05, 0.1) is 0 Å². The lowest BCUT2D eigenvalue weighted by Crippen LogP contribution is -2.11. The molecule has 0 saturated heterocycles. The van der Waals surface area contributed by atoms with Crippen LogP contribution in [0.1, 0.15) is 36.5 Å². The zero-order valence-corrected chi connectivity index (χ0v) is 13.5. The fraction of sp³-hybridized carbons (Fsp3) is 0.278. The van der Waals surface area contributed by atoms with E-state index in [9.17, 15) is 4.79 Å². The number of halogens is 1. The first kappa shape index (κ1) is 16.4. The molecule has 0 fully saturated rings. The van der Waals surface area contributed by atoms with E-state index in [0.29, 0.717) is 10.6 Å². The largest absolute Gasteiger partial charge is 0.385 e. The van der Waals surface area contributed by atoms with Crippen molar-refractivity contribution in [2.24, 2.45) is 0 Å². The molecule has 0 radical (unpaired) electrons. The maximum absolute atomic E-state index is 12.1. The normalized spacial score (nSPS) is 10.3. The maximum atomic E-state index is 12.1. The van der Waals surface area contributed by atoms with Crippen LogP contribution in [0.4, 0.5) is 11.4 Å². The summed E-state index contributed by atoms with van der Waals surface area (Å²) in [6.07, 6.45) is 3.63. The van der Waals surface area contributed by atoms with Crippen LogP contribution in [-0.2, 0) is 0 Å². The van der Waals surface area contributed by atoms with Gasteiger partial charge in [0.1, 0.15) is 0 Å². The number of rotatable bonds is 7. The molecule has 4 heteroatoms. The van der Waals surface area contributed by atoms with E-state index in [2.05, 4.69) is 17.6 Å². The summed E-state index contributed by atoms with van der Waals surface area (Å²) < 4.78 is 0. The number of unbranched alkanes of at least 4 members (excludes halogenated alkanes) is 2. The Bertz CT molecular complexity index is 611. The van der Waals surface area contributed by atoms with Gasteiger partial charge in [-0.3, -0.25) is 4.79 Å². The van der Waals surface area contributed by atoms with Crippen molar-refractivity contribution in [1.82, 2.24) is 0 Å². The molecular weight excluding hydrogens is 296 g/mol. The van der Waals surface area contributed by atoms with E-state index in [4.69, 9.17) is 11.6 Å². The predicted octanol–water partition coefficient (Wildman–Crippen LogP) is 5.19. The van der Waals surface area contributed by atoms with Crippen LogP contribution in [0.3, 0.4) is 0 Å². The third-order valence-electron chi connectivity index (χ3n) is 3.34. The predicted molar refractivity (Wildman–Crippen MR) is 93.9 cm³/mol. The molecule has 0 bridgehead atoms. The van der Waals surface area contributed by atoms with Gasteiger partial charge in [-0.2, -0.15) is 0 Å². The second kappa shape index (κ2) is 8.44. The van der Waals surface area contributed by atoms with Gasteiger partial charge in [-0.25, -0.2) is 0 Å². The van der Waals surface area contributed by atoms with Crippen molar-refractivity contribution in [1.29, 1.82) is 0 Å². The van der Waals surface area contributed by atoms with Crippen molar-refractivity contribution in [3.8, 4) is 0 Å². The molecule has 0 atom stereocenters. The van der Waals surface area contributed by atoms with Gasteiger partial charge >= 0.3 is 0 Å². The van der Waals surface area contributed by atoms with Gasteiger partial charge < -0.3 is 10.6 Å². The average Bonchev–Trinajstić information content (AvgIpc) is 2.53. The molecule has 0 aliphatic carbocycles. The summed E-state index contributed by atoms with van der Waals surface area (Å²) in [5.41, 5.74) is 2.38. The molecule has 0 aliphatic heterocycles. The Morgan fingerprint density at radius 1 is 1.05 bits per heavy atom. The fourth-order valence-electron chi connectivity index (χ4n) is 2.11. The van der Waals surface area contributed by atoms with Crippen molar-refractivity contribution < 1.29 is 4.79 Å². The van der Waals surface area contributed by atoms with Gasteiger partial charge in [0.25, 0.3) is 5.91 Å². The van der Waals surface area contributed by atoms with E-state index >= 15 is 0 Å². The van der Waals surface area contributed by atoms with E-state index in [1.807, 2.05) is 24.3 Å². The standard InChI is InChI=1S/C18H21ClN2O/c1-2-3-4-12-20-16-8-10-17(11-9-16)21-18(22)14-6-5-7-15(19)13-14/h5-11,13,20H,2-4,12H2,1H3,(H,21,22). The third-order valence-corrected chi connectivity index (χ3v) is 3.57. The molecule has 0 spiro atoms. The quantitative estimate of drug-likeness (QED) is 0.690. The molecule has 1 amide bonds. The first-order valence-corrected chi connectivity index (χ1v) is 7.97. The number of hydrogen-bond acceptors (Lipinski definition) is 2. The zero-order chi connectivity index (χ0) is 15.8. The summed E-state index contributed by atoms with van der Waals surface area (Å²) in [6, 6.07) is 14.6. The first-order valence-electron chi connectivity index (χ1n) is 7.60. The van der Waals surface area contributed by atoms with Crippen LogP contribution in [0, 0.1) is 0 Å². The molecule has 0 aromatic heterocycles. The average molecular weight is 317 g/mol. The van der Waals surface area contributed by atoms with Gasteiger partial charge in [-0.1, -0.05) is 37.4 Å². The molecule has 0 heterocycles. The lowest BCUT2D eigenvalue weighted by molar-refractivity contribution is 0.102. The first-order chi connectivity index (χ1) is 10.7. The molecule has 2 N–H and O–H groups in total. The van der Waals surface area contributed by atoms with Crippen LogP contribution >= 0.6 is 11.6 Å². The second-order valence-corrected chi connectivity index (χ2v) is 5.61. The molecule has 2 rings (SSSR count). The molecule has 2 aromatic rings. The highest BCUT2D eigenvalue weighted by Gasteiger charge is 2.06. The van der Waals surface area contributed by atoms with Gasteiger partial charge in [0, 0.05) is 28.5 Å².